The van der Waals surface area contributed by atoms with Crippen LogP contribution in [0.15, 0.2) is 37.5 Å². The third-order valence-electron chi connectivity index (χ3n) is 8.15. The van der Waals surface area contributed by atoms with E-state index in [1.54, 1.807) is 0 Å². The quantitative estimate of drug-likeness (QED) is 0.0823. The van der Waals surface area contributed by atoms with E-state index in [0.717, 1.165) is 0 Å². The molecule has 20 nitrogen and oxygen atoms in total. The number of imidazole rings is 2. The lowest BCUT2D eigenvalue weighted by molar-refractivity contribution is -0.0600. The Kier molecular flexibility index (Phi) is 8.51. The highest BCUT2D eigenvalue weighted by Gasteiger charge is 2.53. The van der Waals surface area contributed by atoms with Gasteiger partial charge in [-0.3, -0.25) is 22.7 Å². The first-order valence-corrected chi connectivity index (χ1v) is 19.8. The van der Waals surface area contributed by atoms with E-state index >= 15 is 0 Å². The number of aromatic nitrogens is 8. The van der Waals surface area contributed by atoms with Gasteiger partial charge < -0.3 is 39.7 Å². The Morgan fingerprint density at radius 3 is 1.83 bits per heavy atom. The maximum absolute atomic E-state index is 13.7. The van der Waals surface area contributed by atoms with Gasteiger partial charge in [-0.2, -0.15) is 0 Å². The predicted molar refractivity (Wildman–Crippen MR) is 171 cm³/mol. The van der Waals surface area contributed by atoms with Crippen LogP contribution in [0.2, 0.25) is 0 Å². The van der Waals surface area contributed by atoms with Crippen LogP contribution in [0, 0.1) is 0 Å². The number of nitrogens with zero attached hydrogens (tertiary/aromatic N) is 8. The topological polar surface area (TPSA) is 244 Å². The summed E-state index contributed by atoms with van der Waals surface area (Å²) >= 11 is 9.50. The Labute approximate surface area is 280 Å². The van der Waals surface area contributed by atoms with Crippen LogP contribution in [-0.2, 0) is 43.9 Å². The van der Waals surface area contributed by atoms with Crippen LogP contribution in [0.1, 0.15) is 12.5 Å². The minimum absolute atomic E-state index is 0.305. The molecule has 4 aromatic heterocycles. The van der Waals surface area contributed by atoms with E-state index < -0.39 is 75.8 Å². The van der Waals surface area contributed by atoms with Gasteiger partial charge in [0, 0.05) is 13.1 Å². The molecule has 0 amide bonds. The summed E-state index contributed by atoms with van der Waals surface area (Å²) in [4.78, 5) is 37.4. The third kappa shape index (κ3) is 5.93. The largest absolute Gasteiger partial charge is 0.387 e. The van der Waals surface area contributed by atoms with Crippen LogP contribution in [0.3, 0.4) is 0 Å². The van der Waals surface area contributed by atoms with Crippen molar-refractivity contribution in [3.63, 3.8) is 0 Å². The number of rotatable bonds is 0. The first kappa shape index (κ1) is 32.5. The summed E-state index contributed by atoms with van der Waals surface area (Å²) in [7, 11) is 0. The lowest BCUT2D eigenvalue weighted by Crippen LogP contribution is -2.37. The number of hydrogen-bond acceptors (Lipinski definition) is 18. The van der Waals surface area contributed by atoms with Crippen molar-refractivity contribution in [1.29, 1.82) is 0 Å². The van der Waals surface area contributed by atoms with Gasteiger partial charge in [-0.15, -0.1) is 0 Å². The molecule has 5 aliphatic rings. The summed E-state index contributed by atoms with van der Waals surface area (Å²) in [5.74, 6) is 0.837. The van der Waals surface area contributed by atoms with Crippen LogP contribution in [0.5, 0.6) is 0 Å². The van der Waals surface area contributed by atoms with Gasteiger partial charge in [-0.25, -0.2) is 34.5 Å². The molecule has 0 aromatic carbocycles. The number of aliphatic hydroxyl groups is 2. The van der Waals surface area contributed by atoms with Crippen molar-refractivity contribution < 1.29 is 47.2 Å². The van der Waals surface area contributed by atoms with E-state index in [1.807, 2.05) is 12.2 Å². The van der Waals surface area contributed by atoms with Crippen LogP contribution >= 0.6 is 25.8 Å². The standard InChI is InChI=1S/C24H28N10O10P2S2/c35-15-11-5-39-46(38,48)44-18-16(36)12-6-40-45(37,47)43-17(15)23(41-11)33-9-31-13-19(27-7-29-21(13)33)25-3-1-2-4-26-20-14-22(30-8-28-20)34(10-32-14)24(18)42-12/h1-2,7-12,15-18,23-24,35-36H,3-6H2,(H,37,47)(H,38,48)(H,25,27,29)(H,26,28,30)/b2-1+/t11?,12?,15-,16-,17-,18-,23?,24?,45?,46?/m1/s1. The second-order valence-corrected chi connectivity index (χ2v) is 16.8. The highest BCUT2D eigenvalue weighted by molar-refractivity contribution is 8.44. The summed E-state index contributed by atoms with van der Waals surface area (Å²) in [6, 6.07) is 0. The van der Waals surface area contributed by atoms with Gasteiger partial charge in [0.2, 0.25) is 0 Å². The molecule has 9 rings (SSSR count). The smallest absolute Gasteiger partial charge is 0.386 e. The monoisotopic (exact) mass is 742 g/mol. The fraction of sp³-hybridized carbons (Fsp3) is 0.500. The molecular weight excluding hydrogens is 714 g/mol. The Balaban J connectivity index is 1.25. The van der Waals surface area contributed by atoms with Gasteiger partial charge in [0.25, 0.3) is 0 Å². The average Bonchev–Trinajstić information content (AvgIpc) is 3.81. The van der Waals surface area contributed by atoms with Crippen molar-refractivity contribution in [1.82, 2.24) is 39.0 Å². The number of hydrogen-bond donors (Lipinski definition) is 6. The molecule has 0 saturated carbocycles. The summed E-state index contributed by atoms with van der Waals surface area (Å²) in [6.07, 6.45) is -1.19. The van der Waals surface area contributed by atoms with Gasteiger partial charge in [0.05, 0.1) is 25.9 Å². The van der Waals surface area contributed by atoms with Crippen molar-refractivity contribution in [2.24, 2.45) is 0 Å². The van der Waals surface area contributed by atoms with Gasteiger partial charge in [0.1, 0.15) is 49.3 Å². The summed E-state index contributed by atoms with van der Waals surface area (Å²) in [6.45, 7) is -8.68. The number of ether oxygens (including phenoxy) is 2. The van der Waals surface area contributed by atoms with Gasteiger partial charge in [0.15, 0.2) is 46.4 Å². The molecule has 0 aliphatic carbocycles. The molecule has 4 aromatic rings. The first-order valence-electron chi connectivity index (χ1n) is 14.5. The fourth-order valence-corrected chi connectivity index (χ4v) is 8.78. The van der Waals surface area contributed by atoms with Crippen molar-refractivity contribution in [3.8, 4) is 0 Å². The summed E-state index contributed by atoms with van der Waals surface area (Å²) in [5.41, 5.74) is 1.38. The van der Waals surface area contributed by atoms with Crippen molar-refractivity contribution in [2.45, 2.75) is 49.1 Å². The zero-order chi connectivity index (χ0) is 33.2. The molecule has 3 fully saturated rings. The molecule has 6 unspecified atom stereocenters. The first-order chi connectivity index (χ1) is 23.1. The Morgan fingerprint density at radius 1 is 0.792 bits per heavy atom. The normalized spacial score (nSPS) is 38.0. The SMILES string of the molecule is O=P1(S)OCC2OC3[C@H](OP(O)(=S)OCC4OC([C@H](O1)[C@@H]4O)n1cnc4c(ncnc41)NC/C=C/CNc1ncnc4c1ncn43)[C@@H]2O. The second-order valence-electron chi connectivity index (χ2n) is 11.1. The number of fused-ring (bicyclic) bond motifs is 10. The van der Waals surface area contributed by atoms with Gasteiger partial charge in [-0.1, -0.05) is 24.4 Å². The molecule has 14 bridgehead atoms. The Hall–Kier alpha value is -2.69. The van der Waals surface area contributed by atoms with Crippen LogP contribution in [-0.4, -0.2) is 117 Å². The van der Waals surface area contributed by atoms with Crippen LogP contribution in [0.4, 0.5) is 11.6 Å². The number of anilines is 2. The van der Waals surface area contributed by atoms with Crippen molar-refractivity contribution >= 4 is 71.5 Å². The van der Waals surface area contributed by atoms with E-state index in [-0.39, 0.29) is 0 Å². The van der Waals surface area contributed by atoms with Gasteiger partial charge >= 0.3 is 13.5 Å². The van der Waals surface area contributed by atoms with Crippen LogP contribution < -0.4 is 10.6 Å². The third-order valence-corrected chi connectivity index (χ3v) is 11.3. The summed E-state index contributed by atoms with van der Waals surface area (Å²) < 4.78 is 51.8. The molecule has 5 aliphatic heterocycles. The van der Waals surface area contributed by atoms with Crippen LogP contribution in [0.25, 0.3) is 22.3 Å². The van der Waals surface area contributed by atoms with E-state index in [9.17, 15) is 19.7 Å². The Morgan fingerprint density at radius 2 is 1.29 bits per heavy atom. The van der Waals surface area contributed by atoms with Crippen molar-refractivity contribution in [3.05, 3.63) is 37.5 Å². The molecule has 5 N–H and O–H groups in total. The highest BCUT2D eigenvalue weighted by Crippen LogP contribution is 2.58. The second kappa shape index (κ2) is 12.6. The zero-order valence-electron chi connectivity index (χ0n) is 24.4. The molecule has 3 saturated heterocycles. The minimum Gasteiger partial charge on any atom is -0.387 e. The maximum Gasteiger partial charge on any atom is 0.386 e. The number of nitrogens with one attached hydrogen (secondary N) is 2. The van der Waals surface area contributed by atoms with E-state index in [1.165, 1.54) is 34.4 Å². The zero-order valence-corrected chi connectivity index (χ0v) is 27.9. The average molecular weight is 743 g/mol. The Bertz CT molecular complexity index is 1850. The molecule has 256 valence electrons. The van der Waals surface area contributed by atoms with E-state index in [4.69, 9.17) is 39.4 Å². The maximum atomic E-state index is 13.7. The number of thiol groups is 1. The van der Waals surface area contributed by atoms with Gasteiger partial charge in [-0.05, 0) is 11.8 Å². The molecule has 0 spiro atoms. The lowest BCUT2D eigenvalue weighted by atomic mass is 10.1. The minimum atomic E-state index is -4.29. The number of aliphatic hydroxyl groups excluding tert-OH is 2. The fourth-order valence-electron chi connectivity index (χ4n) is 5.90. The molecule has 9 heterocycles. The molecule has 10 atom stereocenters. The molecular formula is C24H28N10O10P2S2. The summed E-state index contributed by atoms with van der Waals surface area (Å²) in [5, 5.41) is 29.1. The lowest BCUT2D eigenvalue weighted by Gasteiger charge is -2.27. The molecule has 48 heavy (non-hydrogen) atoms. The van der Waals surface area contributed by atoms with E-state index in [2.05, 4.69) is 52.8 Å². The van der Waals surface area contributed by atoms with E-state index in [0.29, 0.717) is 47.1 Å². The highest BCUT2D eigenvalue weighted by atomic mass is 32.7. The van der Waals surface area contributed by atoms with Crippen molar-refractivity contribution in [2.75, 3.05) is 36.9 Å². The molecule has 24 heteroatoms. The predicted octanol–water partition coefficient (Wildman–Crippen LogP) is 0.648. The molecule has 0 radical (unpaired) electrons.